The maximum Gasteiger partial charge on any atom is 0.348 e. The molecule has 0 radical (unpaired) electrons. The summed E-state index contributed by atoms with van der Waals surface area (Å²) in [4.78, 5) is 16.0. The average Bonchev–Trinajstić information content (AvgIpc) is 2.42. The normalized spacial score (nSPS) is 10.1. The van der Waals surface area contributed by atoms with Crippen LogP contribution in [0.5, 0.6) is 0 Å². The molecule has 0 amide bonds. The van der Waals surface area contributed by atoms with Crippen molar-refractivity contribution in [2.45, 2.75) is 13.8 Å². The van der Waals surface area contributed by atoms with Crippen LogP contribution in [0.25, 0.3) is 10.2 Å². The Balaban J connectivity index is 0.00000128. The smallest absolute Gasteiger partial charge is 0.348 e. The number of nitrogens with two attached hydrogens (primary N) is 1. The number of pyridine rings is 1. The van der Waals surface area contributed by atoms with Crippen molar-refractivity contribution < 1.29 is 9.90 Å². The van der Waals surface area contributed by atoms with Gasteiger partial charge in [0.2, 0.25) is 0 Å². The monoisotopic (exact) mass is 258 g/mol. The molecular formula is C10H11ClN2O2S. The predicted octanol–water partition coefficient (Wildman–Crippen LogP) is 2.62. The van der Waals surface area contributed by atoms with Crippen molar-refractivity contribution in [3.8, 4) is 0 Å². The fourth-order valence-corrected chi connectivity index (χ4v) is 2.68. The van der Waals surface area contributed by atoms with E-state index in [1.54, 1.807) is 0 Å². The molecule has 4 nitrogen and oxygen atoms in total. The molecule has 0 unspecified atom stereocenters. The molecule has 0 atom stereocenters. The van der Waals surface area contributed by atoms with Gasteiger partial charge in [0.05, 0.1) is 5.69 Å². The number of aryl methyl sites for hydroxylation is 2. The second-order valence-electron chi connectivity index (χ2n) is 3.41. The van der Waals surface area contributed by atoms with E-state index in [1.165, 1.54) is 0 Å². The Morgan fingerprint density at radius 3 is 2.69 bits per heavy atom. The number of carboxylic acid groups (broad SMARTS) is 1. The topological polar surface area (TPSA) is 76.2 Å². The van der Waals surface area contributed by atoms with E-state index in [9.17, 15) is 4.79 Å². The summed E-state index contributed by atoms with van der Waals surface area (Å²) in [5.41, 5.74) is 7.95. The van der Waals surface area contributed by atoms with Gasteiger partial charge in [0.25, 0.3) is 0 Å². The highest BCUT2D eigenvalue weighted by molar-refractivity contribution is 7.21. The summed E-state index contributed by atoms with van der Waals surface area (Å²) in [5.74, 6) is -0.993. The third-order valence-corrected chi connectivity index (χ3v) is 3.31. The lowest BCUT2D eigenvalue weighted by Gasteiger charge is -1.99. The highest BCUT2D eigenvalue weighted by Crippen LogP contribution is 2.34. The predicted molar refractivity (Wildman–Crippen MR) is 67.7 cm³/mol. The van der Waals surface area contributed by atoms with Gasteiger partial charge in [-0.1, -0.05) is 0 Å². The van der Waals surface area contributed by atoms with Gasteiger partial charge in [0.1, 0.15) is 9.71 Å². The summed E-state index contributed by atoms with van der Waals surface area (Å²) in [6, 6.07) is 1.90. The van der Waals surface area contributed by atoms with Gasteiger partial charge >= 0.3 is 5.97 Å². The SMILES string of the molecule is Cc1cc(C)c2c(N)c(C(=O)O)sc2n1.Cl. The first-order valence-corrected chi connectivity index (χ1v) is 5.22. The summed E-state index contributed by atoms with van der Waals surface area (Å²) in [6.07, 6.45) is 0. The number of aromatic carboxylic acids is 1. The molecule has 3 N–H and O–H groups in total. The van der Waals surface area contributed by atoms with Crippen molar-refractivity contribution >= 4 is 45.6 Å². The molecule has 0 fully saturated rings. The van der Waals surface area contributed by atoms with Crippen molar-refractivity contribution in [2.75, 3.05) is 5.73 Å². The molecule has 0 saturated heterocycles. The van der Waals surface area contributed by atoms with Crippen LogP contribution in [0.15, 0.2) is 6.07 Å². The lowest BCUT2D eigenvalue weighted by Crippen LogP contribution is -1.97. The molecule has 0 saturated carbocycles. The molecule has 0 aliphatic rings. The Labute approximate surface area is 103 Å². The highest BCUT2D eigenvalue weighted by Gasteiger charge is 2.17. The van der Waals surface area contributed by atoms with Crippen LogP contribution >= 0.6 is 23.7 Å². The molecule has 0 aromatic carbocycles. The first-order chi connectivity index (χ1) is 7.00. The molecule has 0 bridgehead atoms. The second-order valence-corrected chi connectivity index (χ2v) is 4.41. The minimum atomic E-state index is -0.993. The summed E-state index contributed by atoms with van der Waals surface area (Å²) >= 11 is 1.12. The van der Waals surface area contributed by atoms with Crippen molar-refractivity contribution in [3.05, 3.63) is 22.2 Å². The quantitative estimate of drug-likeness (QED) is 0.824. The average molecular weight is 259 g/mol. The van der Waals surface area contributed by atoms with Crippen LogP contribution in [0.1, 0.15) is 20.9 Å². The molecule has 2 aromatic rings. The minimum absolute atomic E-state index is 0. The standard InChI is InChI=1S/C10H10N2O2S.ClH/c1-4-3-5(2)12-9-6(4)7(11)8(15-9)10(13)14;/h3H,11H2,1-2H3,(H,13,14);1H. The molecule has 0 aliphatic carbocycles. The molecule has 6 heteroatoms. The Kier molecular flexibility index (Phi) is 3.40. The lowest BCUT2D eigenvalue weighted by atomic mass is 10.1. The molecule has 2 aromatic heterocycles. The van der Waals surface area contributed by atoms with E-state index >= 15 is 0 Å². The number of thiophene rings is 1. The fourth-order valence-electron chi connectivity index (χ4n) is 1.63. The number of anilines is 1. The number of hydrogen-bond donors (Lipinski definition) is 2. The zero-order valence-electron chi connectivity index (χ0n) is 8.77. The van der Waals surface area contributed by atoms with Gasteiger partial charge in [0, 0.05) is 11.1 Å². The number of hydrogen-bond acceptors (Lipinski definition) is 4. The zero-order valence-corrected chi connectivity index (χ0v) is 10.4. The van der Waals surface area contributed by atoms with Gasteiger partial charge in [-0.3, -0.25) is 0 Å². The van der Waals surface area contributed by atoms with Crippen LogP contribution in [0.2, 0.25) is 0 Å². The van der Waals surface area contributed by atoms with Crippen LogP contribution in [0.3, 0.4) is 0 Å². The molecule has 86 valence electrons. The minimum Gasteiger partial charge on any atom is -0.477 e. The van der Waals surface area contributed by atoms with Crippen molar-refractivity contribution in [1.29, 1.82) is 0 Å². The van der Waals surface area contributed by atoms with E-state index in [2.05, 4.69) is 4.98 Å². The zero-order chi connectivity index (χ0) is 11.2. The van der Waals surface area contributed by atoms with Gasteiger partial charge in [-0.05, 0) is 25.5 Å². The Morgan fingerprint density at radius 2 is 2.12 bits per heavy atom. The summed E-state index contributed by atoms with van der Waals surface area (Å²) in [6.45, 7) is 3.79. The van der Waals surface area contributed by atoms with E-state index < -0.39 is 5.97 Å². The third-order valence-electron chi connectivity index (χ3n) is 2.22. The molecule has 2 heterocycles. The summed E-state index contributed by atoms with van der Waals surface area (Å²) in [5, 5.41) is 9.70. The van der Waals surface area contributed by atoms with Gasteiger partial charge < -0.3 is 10.8 Å². The van der Waals surface area contributed by atoms with Crippen molar-refractivity contribution in [1.82, 2.24) is 4.98 Å². The highest BCUT2D eigenvalue weighted by atomic mass is 35.5. The maximum absolute atomic E-state index is 10.9. The van der Waals surface area contributed by atoms with E-state index in [4.69, 9.17) is 10.8 Å². The van der Waals surface area contributed by atoms with E-state index in [1.807, 2.05) is 19.9 Å². The largest absolute Gasteiger partial charge is 0.477 e. The maximum atomic E-state index is 10.9. The third kappa shape index (κ3) is 1.83. The number of nitrogen functional groups attached to an aromatic ring is 1. The Hall–Kier alpha value is -1.33. The Morgan fingerprint density at radius 1 is 1.50 bits per heavy atom. The number of carboxylic acids is 1. The number of carbonyl (C=O) groups is 1. The van der Waals surface area contributed by atoms with Gasteiger partial charge in [-0.15, -0.1) is 23.7 Å². The summed E-state index contributed by atoms with van der Waals surface area (Å²) < 4.78 is 0. The van der Waals surface area contributed by atoms with Crippen LogP contribution < -0.4 is 5.73 Å². The van der Waals surface area contributed by atoms with E-state index in [0.29, 0.717) is 10.5 Å². The Bertz CT molecular complexity index is 565. The van der Waals surface area contributed by atoms with Gasteiger partial charge in [-0.2, -0.15) is 0 Å². The summed E-state index contributed by atoms with van der Waals surface area (Å²) in [7, 11) is 0. The van der Waals surface area contributed by atoms with Gasteiger partial charge in [0.15, 0.2) is 0 Å². The van der Waals surface area contributed by atoms with E-state index in [-0.39, 0.29) is 17.3 Å². The molecule has 0 aliphatic heterocycles. The molecule has 2 rings (SSSR count). The van der Waals surface area contributed by atoms with Crippen LogP contribution in [0, 0.1) is 13.8 Å². The number of halogens is 1. The first kappa shape index (κ1) is 12.7. The van der Waals surface area contributed by atoms with Crippen LogP contribution in [0.4, 0.5) is 5.69 Å². The van der Waals surface area contributed by atoms with Crippen molar-refractivity contribution in [2.24, 2.45) is 0 Å². The second kappa shape index (κ2) is 4.27. The molecule has 0 spiro atoms. The molecule has 16 heavy (non-hydrogen) atoms. The molecular weight excluding hydrogens is 248 g/mol. The number of aromatic nitrogens is 1. The van der Waals surface area contributed by atoms with Crippen LogP contribution in [-0.4, -0.2) is 16.1 Å². The number of fused-ring (bicyclic) bond motifs is 1. The van der Waals surface area contributed by atoms with Gasteiger partial charge in [-0.25, -0.2) is 9.78 Å². The fraction of sp³-hybridized carbons (Fsp3) is 0.200. The van der Waals surface area contributed by atoms with E-state index in [0.717, 1.165) is 28.0 Å². The lowest BCUT2D eigenvalue weighted by molar-refractivity contribution is 0.0703. The first-order valence-electron chi connectivity index (χ1n) is 4.40. The number of rotatable bonds is 1. The van der Waals surface area contributed by atoms with Crippen LogP contribution in [-0.2, 0) is 0 Å². The van der Waals surface area contributed by atoms with Crippen molar-refractivity contribution in [3.63, 3.8) is 0 Å². The number of nitrogens with zero attached hydrogens (tertiary/aromatic N) is 1.